The van der Waals surface area contributed by atoms with Gasteiger partial charge in [-0.05, 0) is 12.1 Å². The molecule has 1 aromatic carbocycles. The average Bonchev–Trinajstić information content (AvgIpc) is 2.14. The molecule has 0 aromatic heterocycles. The van der Waals surface area contributed by atoms with Gasteiger partial charge in [0.25, 0.3) is 0 Å². The van der Waals surface area contributed by atoms with Crippen molar-refractivity contribution in [3.05, 3.63) is 30.3 Å². The van der Waals surface area contributed by atoms with Gasteiger partial charge in [-0.25, -0.2) is 0 Å². The number of nitrogens with one attached hydrogen (secondary N) is 2. The minimum atomic E-state index is 0.567. The Hall–Kier alpha value is -1.02. The minimum Gasteiger partial charge on any atom is -0.384 e. The second-order valence-corrected chi connectivity index (χ2v) is 3.40. The van der Waals surface area contributed by atoms with E-state index in [2.05, 4.69) is 36.6 Å². The van der Waals surface area contributed by atoms with Gasteiger partial charge in [0.2, 0.25) is 0 Å². The molecule has 0 saturated heterocycles. The summed E-state index contributed by atoms with van der Waals surface area (Å²) < 4.78 is 0. The zero-order valence-electron chi connectivity index (χ0n) is 8.38. The van der Waals surface area contributed by atoms with Crippen LogP contribution in [0, 0.1) is 0 Å². The van der Waals surface area contributed by atoms with Crippen LogP contribution in [-0.2, 0) is 0 Å². The lowest BCUT2D eigenvalue weighted by atomic mass is 10.3. The van der Waals surface area contributed by atoms with Crippen LogP contribution >= 0.6 is 0 Å². The molecule has 0 fully saturated rings. The molecule has 0 spiro atoms. The molecule has 13 heavy (non-hydrogen) atoms. The Bertz CT molecular complexity index is 219. The van der Waals surface area contributed by atoms with Gasteiger partial charge in [-0.3, -0.25) is 0 Å². The number of rotatable bonds is 5. The van der Waals surface area contributed by atoms with Crippen molar-refractivity contribution in [1.82, 2.24) is 5.32 Å². The molecular formula is C11H18N2. The molecule has 1 aromatic rings. The van der Waals surface area contributed by atoms with E-state index >= 15 is 0 Å². The van der Waals surface area contributed by atoms with Gasteiger partial charge in [-0.15, -0.1) is 0 Å². The fraction of sp³-hybridized carbons (Fsp3) is 0.455. The van der Waals surface area contributed by atoms with Crippen molar-refractivity contribution in [1.29, 1.82) is 0 Å². The molecule has 0 aliphatic rings. The molecule has 2 nitrogen and oxygen atoms in total. The standard InChI is InChI=1S/C11H18N2/c1-10(2)12-8-9-13-11-6-4-3-5-7-11/h3-7,10,12-13H,8-9H2,1-2H3. The molecule has 0 aliphatic heterocycles. The Morgan fingerprint density at radius 3 is 2.38 bits per heavy atom. The topological polar surface area (TPSA) is 24.1 Å². The highest BCUT2D eigenvalue weighted by atomic mass is 15.0. The molecule has 2 heteroatoms. The van der Waals surface area contributed by atoms with Gasteiger partial charge in [-0.1, -0.05) is 32.0 Å². The first-order valence-electron chi connectivity index (χ1n) is 4.81. The summed E-state index contributed by atoms with van der Waals surface area (Å²) in [5.74, 6) is 0. The summed E-state index contributed by atoms with van der Waals surface area (Å²) in [4.78, 5) is 0. The fourth-order valence-electron chi connectivity index (χ4n) is 1.12. The van der Waals surface area contributed by atoms with Crippen LogP contribution < -0.4 is 10.6 Å². The van der Waals surface area contributed by atoms with Gasteiger partial charge in [0.05, 0.1) is 0 Å². The van der Waals surface area contributed by atoms with Gasteiger partial charge >= 0.3 is 0 Å². The molecule has 2 N–H and O–H groups in total. The Morgan fingerprint density at radius 2 is 1.77 bits per heavy atom. The third-order valence-corrected chi connectivity index (χ3v) is 1.78. The first kappa shape index (κ1) is 10.1. The van der Waals surface area contributed by atoms with Crippen LogP contribution in [0.1, 0.15) is 13.8 Å². The van der Waals surface area contributed by atoms with Crippen LogP contribution in [0.3, 0.4) is 0 Å². The van der Waals surface area contributed by atoms with Crippen LogP contribution in [0.2, 0.25) is 0 Å². The van der Waals surface area contributed by atoms with E-state index in [-0.39, 0.29) is 0 Å². The first-order valence-corrected chi connectivity index (χ1v) is 4.81. The van der Waals surface area contributed by atoms with E-state index in [0.29, 0.717) is 6.04 Å². The van der Waals surface area contributed by atoms with Crippen molar-refractivity contribution in [3.63, 3.8) is 0 Å². The van der Waals surface area contributed by atoms with E-state index in [1.54, 1.807) is 0 Å². The summed E-state index contributed by atoms with van der Waals surface area (Å²) in [5, 5.41) is 6.69. The Kier molecular flexibility index (Phi) is 4.33. The monoisotopic (exact) mass is 178 g/mol. The van der Waals surface area contributed by atoms with Crippen molar-refractivity contribution >= 4 is 5.69 Å². The molecule has 0 bridgehead atoms. The van der Waals surface area contributed by atoms with Gasteiger partial charge in [0.1, 0.15) is 0 Å². The third-order valence-electron chi connectivity index (χ3n) is 1.78. The number of benzene rings is 1. The van der Waals surface area contributed by atoms with Crippen molar-refractivity contribution in [3.8, 4) is 0 Å². The summed E-state index contributed by atoms with van der Waals surface area (Å²) >= 11 is 0. The maximum atomic E-state index is 3.35. The molecule has 0 saturated carbocycles. The largest absolute Gasteiger partial charge is 0.384 e. The molecule has 0 atom stereocenters. The quantitative estimate of drug-likeness (QED) is 0.675. The predicted molar refractivity (Wildman–Crippen MR) is 58.1 cm³/mol. The number of anilines is 1. The molecule has 72 valence electrons. The molecule has 0 heterocycles. The van der Waals surface area contributed by atoms with Crippen LogP contribution in [-0.4, -0.2) is 19.1 Å². The summed E-state index contributed by atoms with van der Waals surface area (Å²) in [6.07, 6.45) is 0. The minimum absolute atomic E-state index is 0.567. The van der Waals surface area contributed by atoms with E-state index < -0.39 is 0 Å². The third kappa shape index (κ3) is 4.53. The summed E-state index contributed by atoms with van der Waals surface area (Å²) in [6, 6.07) is 10.8. The highest BCUT2D eigenvalue weighted by molar-refractivity contribution is 5.42. The highest BCUT2D eigenvalue weighted by Crippen LogP contribution is 2.03. The van der Waals surface area contributed by atoms with E-state index in [9.17, 15) is 0 Å². The molecule has 0 amide bonds. The van der Waals surface area contributed by atoms with Gasteiger partial charge in [0, 0.05) is 24.8 Å². The maximum Gasteiger partial charge on any atom is 0.0340 e. The predicted octanol–water partition coefficient (Wildman–Crippen LogP) is 2.10. The van der Waals surface area contributed by atoms with Gasteiger partial charge in [-0.2, -0.15) is 0 Å². The molecule has 0 unspecified atom stereocenters. The highest BCUT2D eigenvalue weighted by Gasteiger charge is 1.91. The average molecular weight is 178 g/mol. The molecule has 1 rings (SSSR count). The lowest BCUT2D eigenvalue weighted by molar-refractivity contribution is 0.602. The molecule has 0 radical (unpaired) electrons. The van der Waals surface area contributed by atoms with Crippen LogP contribution in [0.4, 0.5) is 5.69 Å². The van der Waals surface area contributed by atoms with Crippen LogP contribution in [0.15, 0.2) is 30.3 Å². The maximum absolute atomic E-state index is 3.35. The fourth-order valence-corrected chi connectivity index (χ4v) is 1.12. The van der Waals surface area contributed by atoms with Crippen molar-refractivity contribution in [2.24, 2.45) is 0 Å². The Balaban J connectivity index is 2.13. The van der Waals surface area contributed by atoms with E-state index in [0.717, 1.165) is 13.1 Å². The van der Waals surface area contributed by atoms with E-state index in [1.807, 2.05) is 18.2 Å². The first-order chi connectivity index (χ1) is 6.29. The van der Waals surface area contributed by atoms with Crippen LogP contribution in [0.5, 0.6) is 0 Å². The Morgan fingerprint density at radius 1 is 1.08 bits per heavy atom. The zero-order chi connectivity index (χ0) is 9.52. The lowest BCUT2D eigenvalue weighted by Crippen LogP contribution is -2.28. The number of para-hydroxylation sites is 1. The van der Waals surface area contributed by atoms with Crippen molar-refractivity contribution in [2.45, 2.75) is 19.9 Å². The summed E-state index contributed by atoms with van der Waals surface area (Å²) in [6.45, 7) is 6.29. The van der Waals surface area contributed by atoms with Crippen LogP contribution in [0.25, 0.3) is 0 Å². The molecular weight excluding hydrogens is 160 g/mol. The van der Waals surface area contributed by atoms with Gasteiger partial charge in [0.15, 0.2) is 0 Å². The summed E-state index contributed by atoms with van der Waals surface area (Å²) in [5.41, 5.74) is 1.19. The lowest BCUT2D eigenvalue weighted by Gasteiger charge is -2.09. The number of hydrogen-bond donors (Lipinski definition) is 2. The zero-order valence-corrected chi connectivity index (χ0v) is 8.38. The number of hydrogen-bond acceptors (Lipinski definition) is 2. The molecule has 0 aliphatic carbocycles. The second-order valence-electron chi connectivity index (χ2n) is 3.40. The van der Waals surface area contributed by atoms with E-state index in [1.165, 1.54) is 5.69 Å². The summed E-state index contributed by atoms with van der Waals surface area (Å²) in [7, 11) is 0. The van der Waals surface area contributed by atoms with E-state index in [4.69, 9.17) is 0 Å². The second kappa shape index (κ2) is 5.60. The smallest absolute Gasteiger partial charge is 0.0340 e. The van der Waals surface area contributed by atoms with Gasteiger partial charge < -0.3 is 10.6 Å². The van der Waals surface area contributed by atoms with Crippen molar-refractivity contribution < 1.29 is 0 Å². The normalized spacial score (nSPS) is 10.4. The SMILES string of the molecule is CC(C)NCCNc1ccccc1. The Labute approximate surface area is 80.4 Å². The van der Waals surface area contributed by atoms with Crippen molar-refractivity contribution in [2.75, 3.05) is 18.4 Å².